The Kier molecular flexibility index (Phi) is 3.56. The van der Waals surface area contributed by atoms with E-state index in [1.54, 1.807) is 10.9 Å². The van der Waals surface area contributed by atoms with Gasteiger partial charge in [0.05, 0.1) is 17.2 Å². The zero-order valence-electron chi connectivity index (χ0n) is 15.8. The van der Waals surface area contributed by atoms with Gasteiger partial charge in [0.2, 0.25) is 11.8 Å². The standard InChI is InChI=1S/C21H20N6O/c1-12-24-9-10-27(12)15-7-5-13(6-8-15)17-16(11-22)20(23)28-21-18(17)19(14-3-4-14)25-26(21)2/h5-10,14,17H,3-4,23H2,1-2H3. The molecule has 2 aliphatic rings. The number of nitriles is 1. The average Bonchev–Trinajstić information content (AvgIpc) is 3.38. The first-order valence-electron chi connectivity index (χ1n) is 9.33. The maximum absolute atomic E-state index is 9.80. The van der Waals surface area contributed by atoms with E-state index in [2.05, 4.69) is 11.1 Å². The summed E-state index contributed by atoms with van der Waals surface area (Å²) in [4.78, 5) is 4.28. The SMILES string of the molecule is Cc1nccn1-c1ccc(C2C(C#N)=C(N)Oc3c2c(C2CC2)nn3C)cc1. The van der Waals surface area contributed by atoms with Gasteiger partial charge in [-0.2, -0.15) is 10.4 Å². The minimum Gasteiger partial charge on any atom is -0.422 e. The molecular formula is C21H20N6O. The molecule has 2 aromatic heterocycles. The summed E-state index contributed by atoms with van der Waals surface area (Å²) in [5.41, 5.74) is 10.6. The quantitative estimate of drug-likeness (QED) is 0.763. The predicted octanol–water partition coefficient (Wildman–Crippen LogP) is 3.01. The summed E-state index contributed by atoms with van der Waals surface area (Å²) >= 11 is 0. The van der Waals surface area contributed by atoms with Crippen LogP contribution in [-0.2, 0) is 7.05 Å². The molecule has 7 heteroatoms. The summed E-state index contributed by atoms with van der Waals surface area (Å²) < 4.78 is 9.56. The predicted molar refractivity (Wildman–Crippen MR) is 103 cm³/mol. The molecule has 1 fully saturated rings. The molecule has 7 nitrogen and oxygen atoms in total. The molecule has 1 aliphatic carbocycles. The van der Waals surface area contributed by atoms with Gasteiger partial charge >= 0.3 is 0 Å². The highest BCUT2D eigenvalue weighted by Gasteiger charge is 2.40. The van der Waals surface area contributed by atoms with Crippen molar-refractivity contribution in [1.29, 1.82) is 5.26 Å². The van der Waals surface area contributed by atoms with Crippen molar-refractivity contribution in [3.63, 3.8) is 0 Å². The highest BCUT2D eigenvalue weighted by atomic mass is 16.5. The normalized spacial score (nSPS) is 18.5. The van der Waals surface area contributed by atoms with Crippen molar-refractivity contribution in [3.05, 3.63) is 70.8 Å². The van der Waals surface area contributed by atoms with Crippen LogP contribution in [0.1, 0.15) is 47.3 Å². The maximum atomic E-state index is 9.80. The molecule has 1 saturated carbocycles. The number of allylic oxidation sites excluding steroid dienone is 1. The smallest absolute Gasteiger partial charge is 0.224 e. The van der Waals surface area contributed by atoms with E-state index in [1.165, 1.54) is 0 Å². The van der Waals surface area contributed by atoms with Crippen LogP contribution in [0.2, 0.25) is 0 Å². The van der Waals surface area contributed by atoms with Crippen molar-refractivity contribution in [2.24, 2.45) is 12.8 Å². The number of rotatable bonds is 3. The number of aryl methyl sites for hydroxylation is 2. The van der Waals surface area contributed by atoms with Gasteiger partial charge in [0.1, 0.15) is 17.5 Å². The lowest BCUT2D eigenvalue weighted by atomic mass is 9.83. The van der Waals surface area contributed by atoms with E-state index in [0.717, 1.165) is 41.2 Å². The number of nitrogens with zero attached hydrogens (tertiary/aromatic N) is 5. The fraction of sp³-hybridized carbons (Fsp3) is 0.286. The van der Waals surface area contributed by atoms with Crippen LogP contribution in [0.3, 0.4) is 0 Å². The highest BCUT2D eigenvalue weighted by Crippen LogP contribution is 2.50. The average molecular weight is 372 g/mol. The number of nitrogens with two attached hydrogens (primary N) is 1. The minimum atomic E-state index is -0.268. The molecule has 3 heterocycles. The number of fused-ring (bicyclic) bond motifs is 1. The molecular weight excluding hydrogens is 352 g/mol. The molecule has 0 amide bonds. The van der Waals surface area contributed by atoms with Gasteiger partial charge in [-0.1, -0.05) is 12.1 Å². The summed E-state index contributed by atoms with van der Waals surface area (Å²) in [6.45, 7) is 1.97. The van der Waals surface area contributed by atoms with Crippen molar-refractivity contribution in [2.45, 2.75) is 31.6 Å². The van der Waals surface area contributed by atoms with Gasteiger partial charge in [0.25, 0.3) is 0 Å². The van der Waals surface area contributed by atoms with Crippen LogP contribution in [0, 0.1) is 18.3 Å². The van der Waals surface area contributed by atoms with E-state index in [0.29, 0.717) is 17.4 Å². The van der Waals surface area contributed by atoms with Gasteiger partial charge in [0.15, 0.2) is 0 Å². The molecule has 140 valence electrons. The molecule has 5 rings (SSSR count). The molecule has 0 bridgehead atoms. The Morgan fingerprint density at radius 2 is 2.00 bits per heavy atom. The molecule has 28 heavy (non-hydrogen) atoms. The van der Waals surface area contributed by atoms with Crippen molar-refractivity contribution in [2.75, 3.05) is 0 Å². The van der Waals surface area contributed by atoms with Crippen LogP contribution in [0.4, 0.5) is 0 Å². The largest absolute Gasteiger partial charge is 0.422 e. The van der Waals surface area contributed by atoms with E-state index in [-0.39, 0.29) is 11.8 Å². The number of imidazole rings is 1. The van der Waals surface area contributed by atoms with Crippen LogP contribution in [0.15, 0.2) is 48.1 Å². The van der Waals surface area contributed by atoms with Crippen molar-refractivity contribution < 1.29 is 4.74 Å². The van der Waals surface area contributed by atoms with Crippen molar-refractivity contribution in [1.82, 2.24) is 19.3 Å². The summed E-state index contributed by atoms with van der Waals surface area (Å²) in [6.07, 6.45) is 5.96. The maximum Gasteiger partial charge on any atom is 0.224 e. The van der Waals surface area contributed by atoms with E-state index < -0.39 is 0 Å². The molecule has 3 aromatic rings. The van der Waals surface area contributed by atoms with Gasteiger partial charge in [-0.05, 0) is 37.5 Å². The second-order valence-corrected chi connectivity index (χ2v) is 7.36. The van der Waals surface area contributed by atoms with Crippen molar-refractivity contribution in [3.8, 4) is 17.6 Å². The first-order valence-corrected chi connectivity index (χ1v) is 9.33. The fourth-order valence-electron chi connectivity index (χ4n) is 3.97. The zero-order valence-corrected chi connectivity index (χ0v) is 15.8. The van der Waals surface area contributed by atoms with Gasteiger partial charge in [-0.15, -0.1) is 0 Å². The number of hydrogen-bond donors (Lipinski definition) is 1. The van der Waals surface area contributed by atoms with E-state index in [9.17, 15) is 5.26 Å². The van der Waals surface area contributed by atoms with Crippen LogP contribution >= 0.6 is 0 Å². The third kappa shape index (κ3) is 2.42. The lowest BCUT2D eigenvalue weighted by molar-refractivity contribution is 0.358. The molecule has 0 saturated heterocycles. The Labute approximate surface area is 162 Å². The summed E-state index contributed by atoms with van der Waals surface area (Å²) in [6, 6.07) is 10.4. The topological polar surface area (TPSA) is 94.7 Å². The Bertz CT molecular complexity index is 1140. The lowest BCUT2D eigenvalue weighted by Crippen LogP contribution is -2.22. The van der Waals surface area contributed by atoms with Gasteiger partial charge in [-0.25, -0.2) is 9.67 Å². The lowest BCUT2D eigenvalue weighted by Gasteiger charge is -2.25. The summed E-state index contributed by atoms with van der Waals surface area (Å²) in [5.74, 6) is 1.88. The van der Waals surface area contributed by atoms with Crippen LogP contribution in [-0.4, -0.2) is 19.3 Å². The first kappa shape index (κ1) is 16.6. The number of aromatic nitrogens is 4. The second-order valence-electron chi connectivity index (χ2n) is 7.36. The fourth-order valence-corrected chi connectivity index (χ4v) is 3.97. The van der Waals surface area contributed by atoms with Gasteiger partial charge in [-0.3, -0.25) is 0 Å². The zero-order chi connectivity index (χ0) is 19.4. The van der Waals surface area contributed by atoms with Crippen LogP contribution in [0.5, 0.6) is 5.88 Å². The highest BCUT2D eigenvalue weighted by molar-refractivity contribution is 5.57. The van der Waals surface area contributed by atoms with Crippen molar-refractivity contribution >= 4 is 0 Å². The van der Waals surface area contributed by atoms with E-state index >= 15 is 0 Å². The Balaban J connectivity index is 1.64. The molecule has 0 radical (unpaired) electrons. The minimum absolute atomic E-state index is 0.153. The Hall–Kier alpha value is -3.53. The number of ether oxygens (including phenoxy) is 1. The van der Waals surface area contributed by atoms with Crippen LogP contribution in [0.25, 0.3) is 5.69 Å². The van der Waals surface area contributed by atoms with Crippen LogP contribution < -0.4 is 10.5 Å². The third-order valence-electron chi connectivity index (χ3n) is 5.52. The monoisotopic (exact) mass is 372 g/mol. The first-order chi connectivity index (χ1) is 13.6. The van der Waals surface area contributed by atoms with Gasteiger partial charge in [0, 0.05) is 31.0 Å². The molecule has 1 atom stereocenters. The Morgan fingerprint density at radius 1 is 1.25 bits per heavy atom. The molecule has 1 aliphatic heterocycles. The summed E-state index contributed by atoms with van der Waals surface area (Å²) in [5, 5.41) is 14.5. The number of benzene rings is 1. The number of hydrogen-bond acceptors (Lipinski definition) is 5. The molecule has 1 unspecified atom stereocenters. The molecule has 0 spiro atoms. The van der Waals surface area contributed by atoms with Gasteiger partial charge < -0.3 is 15.0 Å². The van der Waals surface area contributed by atoms with E-state index in [4.69, 9.17) is 15.6 Å². The van der Waals surface area contributed by atoms with E-state index in [1.807, 2.05) is 49.0 Å². The molecule has 1 aromatic carbocycles. The third-order valence-corrected chi connectivity index (χ3v) is 5.52. The Morgan fingerprint density at radius 3 is 2.61 bits per heavy atom. The summed E-state index contributed by atoms with van der Waals surface area (Å²) in [7, 11) is 1.86. The second kappa shape index (κ2) is 5.99. The molecule has 2 N–H and O–H groups in total.